The Labute approximate surface area is 917 Å². The first kappa shape index (κ1) is 111. The second kappa shape index (κ2) is 58.1. The number of ketones is 1. The molecule has 2 amide bonds. The standard InChI is InChI=1S/C26H26N2O3.C18H20N2O.C14H15ClN2O2.C14H16NO2.C12H10BrNO.C11H14N2O.C2H3N.CH2O3.CH4O.BF3.3K.H/c29-25(31-19-21-10-5-2-6-11-21)28-15-14-26(16-22(26)17-28)23-12-7-13-24(27-23)30-18-20-8-3-1-4-9-20;1-2-5-14(6-3-1)13-21-17-8-4-7-16(20-17)18-9-10-19-12-15(18)11-18;1-9(18)10-2-3-12-13(6-10)17(14(7-15)16-12)8-11-4-5-19-11;16-14(15-7-6-12-8-13(12)9-15)17-10-11-4-2-1-3-5-11;13-11-7-4-8-12(14-11)15-9-10-5-2-1-3-6-10;14-10-3-1-2-9(13-10)11-4-5-12-7-8(11)6-11;1-2-3;2-1-4-3;1-2;2-1(3)4;;;;/h1-13,22H,14-19H2;1-8,15,19H,9-13H2;2-3,6,11H,4-5,7-8H2,1H3;1-5,13H,6-10H2;1-8H,9H2;1-3,8,12H,4-7H2,(H,13,14);1H3;1,3H;2H,1H3;;;;;/q;;;-1;;;;;;;3*+1;-1/p-1/t;;11-;;;;;;;;;;;/m..0.........../s1. The van der Waals surface area contributed by atoms with Crippen molar-refractivity contribution in [3.63, 3.8) is 0 Å². The van der Waals surface area contributed by atoms with E-state index in [-0.39, 0.29) is 197 Å². The monoisotopic (exact) mass is 1980 g/mol. The van der Waals surface area contributed by atoms with E-state index in [9.17, 15) is 32.1 Å². The summed E-state index contributed by atoms with van der Waals surface area (Å²) in [4.78, 5) is 83.2. The second-order valence-electron chi connectivity index (χ2n) is 32.4. The zero-order valence-corrected chi connectivity index (χ0v) is 87.7. The van der Waals surface area contributed by atoms with E-state index in [0.717, 1.165) is 171 Å². The molecule has 0 bridgehead atoms. The number of halogens is 5. The fourth-order valence-electron chi connectivity index (χ4n) is 16.7. The Hall–Kier alpha value is -6.91. The number of amides is 2. The van der Waals surface area contributed by atoms with Gasteiger partial charge in [0.1, 0.15) is 43.5 Å². The molecular formula is C99H110BBrClF3K3N11O14. The van der Waals surface area contributed by atoms with Gasteiger partial charge in [-0.05, 0) is 195 Å². The molecule has 11 aromatic rings. The van der Waals surface area contributed by atoms with Gasteiger partial charge in [-0.3, -0.25) is 27.3 Å². The summed E-state index contributed by atoms with van der Waals surface area (Å²) in [7, 11) is -2.67. The Kier molecular flexibility index (Phi) is 48.7. The van der Waals surface area contributed by atoms with Crippen molar-refractivity contribution in [3.8, 4) is 23.7 Å². The van der Waals surface area contributed by atoms with E-state index in [1.54, 1.807) is 31.0 Å². The molecule has 0 spiro atoms. The summed E-state index contributed by atoms with van der Waals surface area (Å²) >= 11 is 9.26. The number of aromatic nitrogens is 6. The smallest absolute Gasteiger partial charge is 1.00 e. The number of alkyl halides is 1. The summed E-state index contributed by atoms with van der Waals surface area (Å²) in [6.07, 6.45) is 10.1. The summed E-state index contributed by atoms with van der Waals surface area (Å²) in [5.41, 5.74) is 12.2. The number of Topliss-reactive ketones (excluding diaryl/α,β-unsaturated/α-hetero) is 1. The number of nitrogens with one attached hydrogen (secondary N) is 3. The number of piperidine rings is 4. The molecule has 4 N–H and O–H groups in total. The van der Waals surface area contributed by atoms with Gasteiger partial charge in [0.15, 0.2) is 5.78 Å². The molecule has 686 valence electrons. The zero-order chi connectivity index (χ0) is 92.1. The number of carbonyl (C=O) groups excluding carboxylic acids is 4. The van der Waals surface area contributed by atoms with E-state index >= 15 is 0 Å². The fraction of sp³-hybridized carbons (Fsp3) is 0.364. The van der Waals surface area contributed by atoms with Crippen molar-refractivity contribution in [1.82, 2.24) is 49.9 Å². The molecule has 4 aliphatic carbocycles. The van der Waals surface area contributed by atoms with Crippen LogP contribution in [0.4, 0.5) is 22.5 Å². The molecule has 7 unspecified atom stereocenters. The van der Waals surface area contributed by atoms with E-state index in [0.29, 0.717) is 85.4 Å². The van der Waals surface area contributed by atoms with E-state index in [4.69, 9.17) is 70.4 Å². The van der Waals surface area contributed by atoms with Gasteiger partial charge in [-0.2, -0.15) is 24.0 Å². The number of hydrogen-bond donors (Lipinski definition) is 4. The maximum Gasteiger partial charge on any atom is 1.00 e. The van der Waals surface area contributed by atoms with Gasteiger partial charge in [0, 0.05) is 85.5 Å². The number of carbonyl (C=O) groups is 4. The van der Waals surface area contributed by atoms with E-state index in [1.165, 1.54) is 43.9 Å². The van der Waals surface area contributed by atoms with Gasteiger partial charge < -0.3 is 81.0 Å². The summed E-state index contributed by atoms with van der Waals surface area (Å²) in [5.74, 6) is 7.53. The van der Waals surface area contributed by atoms with E-state index < -0.39 is 7.54 Å². The Morgan fingerprint density at radius 2 is 1.05 bits per heavy atom. The number of aliphatic hydroxyl groups is 1. The van der Waals surface area contributed by atoms with Gasteiger partial charge in [-0.1, -0.05) is 176 Å². The van der Waals surface area contributed by atoms with Crippen LogP contribution in [0.2, 0.25) is 0 Å². The number of rotatable bonds is 21. The Morgan fingerprint density at radius 1 is 0.617 bits per heavy atom. The van der Waals surface area contributed by atoms with Gasteiger partial charge in [-0.15, -0.1) is 11.6 Å². The van der Waals surface area contributed by atoms with Crippen molar-refractivity contribution in [3.05, 3.63) is 320 Å². The van der Waals surface area contributed by atoms with Crippen LogP contribution in [0.3, 0.4) is 0 Å². The van der Waals surface area contributed by atoms with Crippen LogP contribution in [0, 0.1) is 40.9 Å². The predicted molar refractivity (Wildman–Crippen MR) is 492 cm³/mol. The van der Waals surface area contributed by atoms with Gasteiger partial charge in [0.25, 0.3) is 6.47 Å². The molecule has 10 heterocycles. The third-order valence-electron chi connectivity index (χ3n) is 24.0. The van der Waals surface area contributed by atoms with Crippen molar-refractivity contribution >= 4 is 70.6 Å². The first-order valence-electron chi connectivity index (χ1n) is 43.4. The minimum absolute atomic E-state index is 0. The first-order valence-corrected chi connectivity index (χ1v) is 44.7. The molecule has 5 aliphatic heterocycles. The largest absolute Gasteiger partial charge is 1.00 e. The van der Waals surface area contributed by atoms with Crippen LogP contribution in [0.5, 0.6) is 17.6 Å². The molecule has 20 rings (SSSR count). The summed E-state index contributed by atoms with van der Waals surface area (Å²) < 4.78 is 65.5. The quantitative estimate of drug-likeness (QED) is 0.00776. The average Bonchev–Trinajstić information content (AvgIpc) is 1.53. The molecule has 0 radical (unpaired) electrons. The SMILES string of the molecule is Brc1cccc(OCc2ccccc2)n1.CC#N.CC(=O)c1ccc2nc(CCl)n(C[C@@H]3CCO3)c2c1.CO.FB(F)F.O=C(OCc1ccccc1)N1CCC2(c3cccc(OCc4ccccc4)n3)CC2C1.O=C(OCc1ccccc1)N1CC[C-]2CC2C1.O=CO[O-].O=c1cccc(C23CCNCC2C3)[nH]1.[H-].[K+].[K+].[K+].c1ccc(COc2cccc(C34CCNCC3C4)n2)cc1. The van der Waals surface area contributed by atoms with Gasteiger partial charge in [-0.25, -0.2) is 29.5 Å². The number of aliphatic hydroxyl groups excluding tert-OH is 1. The number of nitriles is 1. The Balaban J connectivity index is 0.000000216. The molecule has 8 atom stereocenters. The summed E-state index contributed by atoms with van der Waals surface area (Å²) in [6, 6.07) is 80.6. The van der Waals surface area contributed by atoms with Gasteiger partial charge in [0.05, 0.1) is 47.0 Å². The third kappa shape index (κ3) is 34.6. The average molecular weight is 1980 g/mol. The van der Waals surface area contributed by atoms with E-state index in [1.807, 2.05) is 204 Å². The van der Waals surface area contributed by atoms with Crippen LogP contribution in [-0.2, 0) is 85.6 Å². The number of pyridine rings is 4. The van der Waals surface area contributed by atoms with E-state index in [2.05, 4.69) is 87.4 Å². The molecular weight excluding hydrogens is 1870 g/mol. The predicted octanol–water partition coefficient (Wildman–Crippen LogP) is 7.89. The number of fused-ring (bicyclic) bond motifs is 5. The molecule has 34 heteroatoms. The second-order valence-corrected chi connectivity index (χ2v) is 33.4. The molecule has 25 nitrogen and oxygen atoms in total. The number of benzene rings is 6. The number of ether oxygens (including phenoxy) is 6. The topological polar surface area (TPSA) is 320 Å². The number of hydrogen-bond acceptors (Lipinski definition) is 21. The third-order valence-corrected chi connectivity index (χ3v) is 24.6. The summed E-state index contributed by atoms with van der Waals surface area (Å²) in [5, 5.41) is 29.6. The van der Waals surface area contributed by atoms with Crippen LogP contribution in [0.25, 0.3) is 11.0 Å². The molecule has 5 saturated heterocycles. The molecule has 4 saturated carbocycles. The van der Waals surface area contributed by atoms with Crippen molar-refractivity contribution in [2.24, 2.45) is 23.7 Å². The molecule has 5 aromatic heterocycles. The Morgan fingerprint density at radius 3 is 1.48 bits per heavy atom. The van der Waals surface area contributed by atoms with Crippen molar-refractivity contribution in [2.75, 3.05) is 66.1 Å². The van der Waals surface area contributed by atoms with Crippen molar-refractivity contribution < 1.29 is 231 Å². The minimum Gasteiger partial charge on any atom is -1.00 e. The number of H-pyrrole nitrogens is 1. The number of aromatic amines is 1. The zero-order valence-electron chi connectivity index (χ0n) is 77.0. The van der Waals surface area contributed by atoms with Crippen LogP contribution in [0.15, 0.2) is 252 Å². The number of imidazole rings is 1. The maximum absolute atomic E-state index is 12.5. The number of nitrogens with zero attached hydrogens (tertiary/aromatic N) is 8. The molecule has 9 aliphatic rings. The maximum atomic E-state index is 12.5. The first-order chi connectivity index (χ1) is 63.3. The van der Waals surface area contributed by atoms with Crippen molar-refractivity contribution in [1.29, 1.82) is 5.26 Å². The minimum atomic E-state index is -3.67. The molecule has 133 heavy (non-hydrogen) atoms. The van der Waals surface area contributed by atoms with Crippen LogP contribution >= 0.6 is 27.5 Å². The molecule has 9 fully saturated rings. The van der Waals surface area contributed by atoms with Crippen LogP contribution in [-0.4, -0.2) is 149 Å². The summed E-state index contributed by atoms with van der Waals surface area (Å²) in [6.45, 7) is 14.3. The van der Waals surface area contributed by atoms with Gasteiger partial charge >= 0.3 is 174 Å². The fourth-order valence-corrected chi connectivity index (χ4v) is 17.2. The normalized spacial score (nSPS) is 20.2. The van der Waals surface area contributed by atoms with Gasteiger partial charge in [0.2, 0.25) is 23.2 Å². The molecule has 6 aromatic carbocycles. The van der Waals surface area contributed by atoms with Crippen molar-refractivity contribution in [2.45, 2.75) is 139 Å². The van der Waals surface area contributed by atoms with Crippen LogP contribution in [0.1, 0.15) is 134 Å². The number of likely N-dealkylation sites (tertiary alicyclic amines) is 2. The van der Waals surface area contributed by atoms with Crippen LogP contribution < -0.4 is 190 Å². The Bertz CT molecular complexity index is 5480.